The second kappa shape index (κ2) is 4.71. The summed E-state index contributed by atoms with van der Waals surface area (Å²) in [4.78, 5) is 13.8. The van der Waals surface area contributed by atoms with E-state index in [0.717, 1.165) is 19.4 Å². The Labute approximate surface area is 95.9 Å². The standard InChI is InChI=1S/C11H19ClN2O/c12-6-8-5-11(15)14(7-8)10-4-2-1-3-9(10)13/h8-10H,1-7,13H2/t8?,9-,10-/m0/s1. The van der Waals surface area contributed by atoms with Gasteiger partial charge in [0.15, 0.2) is 0 Å². The number of alkyl halides is 1. The van der Waals surface area contributed by atoms with Crippen molar-refractivity contribution in [2.75, 3.05) is 12.4 Å². The smallest absolute Gasteiger partial charge is 0.223 e. The fourth-order valence-electron chi connectivity index (χ4n) is 2.76. The highest BCUT2D eigenvalue weighted by molar-refractivity contribution is 6.18. The topological polar surface area (TPSA) is 46.3 Å². The molecule has 0 bridgehead atoms. The van der Waals surface area contributed by atoms with Crippen LogP contribution in [0.5, 0.6) is 0 Å². The number of hydrogen-bond acceptors (Lipinski definition) is 2. The molecule has 1 saturated carbocycles. The lowest BCUT2D eigenvalue weighted by atomic mass is 9.90. The highest BCUT2D eigenvalue weighted by atomic mass is 35.5. The van der Waals surface area contributed by atoms with Crippen LogP contribution < -0.4 is 5.73 Å². The van der Waals surface area contributed by atoms with Crippen LogP contribution in [0.3, 0.4) is 0 Å². The Kier molecular flexibility index (Phi) is 3.52. The first-order valence-electron chi connectivity index (χ1n) is 5.83. The summed E-state index contributed by atoms with van der Waals surface area (Å²) >= 11 is 5.80. The Morgan fingerprint density at radius 2 is 2.13 bits per heavy atom. The van der Waals surface area contributed by atoms with E-state index in [4.69, 9.17) is 17.3 Å². The van der Waals surface area contributed by atoms with Gasteiger partial charge in [0.2, 0.25) is 5.91 Å². The number of carbonyl (C=O) groups is 1. The molecule has 0 spiro atoms. The summed E-state index contributed by atoms with van der Waals surface area (Å²) in [6, 6.07) is 0.455. The van der Waals surface area contributed by atoms with Gasteiger partial charge in [0.25, 0.3) is 0 Å². The monoisotopic (exact) mass is 230 g/mol. The molecule has 4 heteroatoms. The van der Waals surface area contributed by atoms with Crippen molar-refractivity contribution in [3.8, 4) is 0 Å². The van der Waals surface area contributed by atoms with Crippen molar-refractivity contribution >= 4 is 17.5 Å². The molecule has 1 aliphatic heterocycles. The van der Waals surface area contributed by atoms with Crippen LogP contribution in [-0.4, -0.2) is 35.3 Å². The molecule has 86 valence electrons. The molecule has 2 aliphatic rings. The minimum Gasteiger partial charge on any atom is -0.338 e. The zero-order chi connectivity index (χ0) is 10.8. The zero-order valence-corrected chi connectivity index (χ0v) is 9.75. The maximum atomic E-state index is 11.8. The van der Waals surface area contributed by atoms with Gasteiger partial charge in [-0.05, 0) is 18.8 Å². The Hall–Kier alpha value is -0.280. The third-order valence-electron chi connectivity index (χ3n) is 3.64. The fraction of sp³-hybridized carbons (Fsp3) is 0.909. The molecule has 3 nitrogen and oxygen atoms in total. The van der Waals surface area contributed by atoms with E-state index in [2.05, 4.69) is 0 Å². The van der Waals surface area contributed by atoms with Crippen LogP contribution in [0.15, 0.2) is 0 Å². The van der Waals surface area contributed by atoms with Crippen LogP contribution in [0.25, 0.3) is 0 Å². The quantitative estimate of drug-likeness (QED) is 0.728. The molecular formula is C11H19ClN2O. The Balaban J connectivity index is 2.00. The predicted octanol–water partition coefficient (Wildman–Crippen LogP) is 1.34. The molecule has 15 heavy (non-hydrogen) atoms. The second-order valence-electron chi connectivity index (χ2n) is 4.79. The number of likely N-dealkylation sites (tertiary alicyclic amines) is 1. The number of carbonyl (C=O) groups excluding carboxylic acids is 1. The maximum absolute atomic E-state index is 11.8. The second-order valence-corrected chi connectivity index (χ2v) is 5.09. The molecule has 2 fully saturated rings. The van der Waals surface area contributed by atoms with Crippen molar-refractivity contribution in [3.63, 3.8) is 0 Å². The van der Waals surface area contributed by atoms with Gasteiger partial charge in [0.1, 0.15) is 0 Å². The van der Waals surface area contributed by atoms with Crippen LogP contribution in [0.4, 0.5) is 0 Å². The summed E-state index contributed by atoms with van der Waals surface area (Å²) in [5, 5.41) is 0. The lowest BCUT2D eigenvalue weighted by Gasteiger charge is -2.36. The number of amides is 1. The van der Waals surface area contributed by atoms with E-state index in [-0.39, 0.29) is 18.0 Å². The van der Waals surface area contributed by atoms with Gasteiger partial charge >= 0.3 is 0 Å². The average Bonchev–Trinajstić information content (AvgIpc) is 2.60. The molecule has 1 aliphatic carbocycles. The lowest BCUT2D eigenvalue weighted by molar-refractivity contribution is -0.130. The molecule has 0 aromatic rings. The van der Waals surface area contributed by atoms with E-state index in [1.165, 1.54) is 12.8 Å². The van der Waals surface area contributed by atoms with E-state index in [1.54, 1.807) is 0 Å². The zero-order valence-electron chi connectivity index (χ0n) is 8.99. The SMILES string of the molecule is N[C@H]1CCCC[C@@H]1N1CC(CCl)CC1=O. The minimum absolute atomic E-state index is 0.178. The van der Waals surface area contributed by atoms with Gasteiger partial charge in [-0.3, -0.25) is 4.79 Å². The molecule has 2 N–H and O–H groups in total. The Morgan fingerprint density at radius 1 is 1.40 bits per heavy atom. The van der Waals surface area contributed by atoms with E-state index < -0.39 is 0 Å². The van der Waals surface area contributed by atoms with Crippen molar-refractivity contribution in [3.05, 3.63) is 0 Å². The Morgan fingerprint density at radius 3 is 2.73 bits per heavy atom. The third-order valence-corrected chi connectivity index (χ3v) is 4.08. The van der Waals surface area contributed by atoms with Gasteiger partial charge in [0.05, 0.1) is 0 Å². The van der Waals surface area contributed by atoms with E-state index >= 15 is 0 Å². The Bertz CT molecular complexity index is 247. The van der Waals surface area contributed by atoms with Crippen LogP contribution in [-0.2, 0) is 4.79 Å². The summed E-state index contributed by atoms with van der Waals surface area (Å²) in [7, 11) is 0. The van der Waals surface area contributed by atoms with Crippen LogP contribution in [0.2, 0.25) is 0 Å². The van der Waals surface area contributed by atoms with Crippen molar-refractivity contribution in [1.82, 2.24) is 4.90 Å². The molecule has 3 atom stereocenters. The first-order valence-corrected chi connectivity index (χ1v) is 6.37. The summed E-state index contributed by atoms with van der Waals surface area (Å²) in [6.07, 6.45) is 5.15. The third kappa shape index (κ3) is 2.28. The van der Waals surface area contributed by atoms with E-state index in [9.17, 15) is 4.79 Å². The minimum atomic E-state index is 0.178. The summed E-state index contributed by atoms with van der Waals surface area (Å²) in [5.41, 5.74) is 6.08. The van der Waals surface area contributed by atoms with Gasteiger partial charge in [-0.1, -0.05) is 12.8 Å². The van der Waals surface area contributed by atoms with Gasteiger partial charge in [0, 0.05) is 30.9 Å². The summed E-state index contributed by atoms with van der Waals surface area (Å²) < 4.78 is 0. The highest BCUT2D eigenvalue weighted by Crippen LogP contribution is 2.28. The van der Waals surface area contributed by atoms with Crippen molar-refractivity contribution in [2.45, 2.75) is 44.2 Å². The number of nitrogens with two attached hydrogens (primary N) is 1. The molecule has 1 amide bonds. The van der Waals surface area contributed by atoms with Crippen LogP contribution >= 0.6 is 11.6 Å². The van der Waals surface area contributed by atoms with Gasteiger partial charge < -0.3 is 10.6 Å². The number of hydrogen-bond donors (Lipinski definition) is 1. The molecular weight excluding hydrogens is 212 g/mol. The van der Waals surface area contributed by atoms with E-state index in [0.29, 0.717) is 18.2 Å². The number of rotatable bonds is 2. The molecule has 1 unspecified atom stereocenters. The maximum Gasteiger partial charge on any atom is 0.223 e. The fourth-order valence-corrected chi connectivity index (χ4v) is 2.97. The number of halogens is 1. The summed E-state index contributed by atoms with van der Waals surface area (Å²) in [6.45, 7) is 0.820. The number of nitrogens with zero attached hydrogens (tertiary/aromatic N) is 1. The lowest BCUT2D eigenvalue weighted by Crippen LogP contribution is -2.50. The largest absolute Gasteiger partial charge is 0.338 e. The molecule has 0 radical (unpaired) electrons. The molecule has 0 aromatic carbocycles. The van der Waals surface area contributed by atoms with Gasteiger partial charge in [-0.15, -0.1) is 11.6 Å². The van der Waals surface area contributed by atoms with Crippen LogP contribution in [0.1, 0.15) is 32.1 Å². The average molecular weight is 231 g/mol. The molecule has 1 heterocycles. The summed E-state index contributed by atoms with van der Waals surface area (Å²) in [5.74, 6) is 1.18. The van der Waals surface area contributed by atoms with Crippen LogP contribution in [0, 0.1) is 5.92 Å². The normalized spacial score (nSPS) is 37.3. The van der Waals surface area contributed by atoms with Crippen molar-refractivity contribution < 1.29 is 4.79 Å². The highest BCUT2D eigenvalue weighted by Gasteiger charge is 2.37. The molecule has 1 saturated heterocycles. The van der Waals surface area contributed by atoms with Gasteiger partial charge in [-0.25, -0.2) is 0 Å². The predicted molar refractivity (Wildman–Crippen MR) is 60.8 cm³/mol. The van der Waals surface area contributed by atoms with Crippen molar-refractivity contribution in [2.24, 2.45) is 11.7 Å². The first-order chi connectivity index (χ1) is 7.22. The van der Waals surface area contributed by atoms with Gasteiger partial charge in [-0.2, -0.15) is 0 Å². The first kappa shape index (κ1) is 11.2. The van der Waals surface area contributed by atoms with Crippen molar-refractivity contribution in [1.29, 1.82) is 0 Å². The molecule has 0 aromatic heterocycles. The molecule has 2 rings (SSSR count). The van der Waals surface area contributed by atoms with E-state index in [1.807, 2.05) is 4.90 Å².